The summed E-state index contributed by atoms with van der Waals surface area (Å²) in [5.74, 6) is 1.62. The molecule has 160 valence electrons. The molecule has 6 rings (SSSR count). The van der Waals surface area contributed by atoms with E-state index in [9.17, 15) is 9.59 Å². The second kappa shape index (κ2) is 6.45. The minimum atomic E-state index is -0.170. The van der Waals surface area contributed by atoms with Gasteiger partial charge in [0, 0.05) is 18.4 Å². The molecule has 2 heterocycles. The normalized spacial score (nSPS) is 43.7. The van der Waals surface area contributed by atoms with Gasteiger partial charge in [0.1, 0.15) is 12.1 Å². The third-order valence-corrected chi connectivity index (χ3v) is 9.84. The van der Waals surface area contributed by atoms with Crippen LogP contribution in [0, 0.1) is 34.5 Å². The zero-order chi connectivity index (χ0) is 19.8. The van der Waals surface area contributed by atoms with E-state index < -0.39 is 0 Å². The molecule has 5 nitrogen and oxygen atoms in total. The number of hydrogen-bond donors (Lipinski definition) is 0. The Labute approximate surface area is 173 Å². The molecule has 2 spiro atoms. The molecule has 2 aliphatic heterocycles. The maximum Gasteiger partial charge on any atom is 0.323 e. The fourth-order valence-electron chi connectivity index (χ4n) is 8.08. The Bertz CT molecular complexity index is 712. The van der Waals surface area contributed by atoms with Crippen molar-refractivity contribution in [1.82, 2.24) is 4.90 Å². The van der Waals surface area contributed by atoms with Crippen LogP contribution >= 0.6 is 0 Å². The van der Waals surface area contributed by atoms with Gasteiger partial charge in [-0.05, 0) is 94.4 Å². The number of rotatable bonds is 4. The zero-order valence-electron chi connectivity index (χ0n) is 17.7. The lowest BCUT2D eigenvalue weighted by molar-refractivity contribution is -0.151. The number of fused-ring (bicyclic) bond motifs is 5. The maximum atomic E-state index is 13.1. The highest BCUT2D eigenvalue weighted by Crippen LogP contribution is 2.75. The van der Waals surface area contributed by atoms with Crippen LogP contribution in [0.4, 0.5) is 0 Å². The van der Waals surface area contributed by atoms with Gasteiger partial charge < -0.3 is 9.47 Å². The predicted molar refractivity (Wildman–Crippen MR) is 107 cm³/mol. The van der Waals surface area contributed by atoms with E-state index in [2.05, 4.69) is 4.90 Å². The molecule has 6 atom stereocenters. The van der Waals surface area contributed by atoms with Gasteiger partial charge in [0.2, 0.25) is 0 Å². The van der Waals surface area contributed by atoms with Crippen molar-refractivity contribution in [3.05, 3.63) is 0 Å². The summed E-state index contributed by atoms with van der Waals surface area (Å²) in [7, 11) is 0. The zero-order valence-corrected chi connectivity index (χ0v) is 17.7. The second-order valence-corrected chi connectivity index (χ2v) is 11.0. The van der Waals surface area contributed by atoms with Crippen LogP contribution < -0.4 is 0 Å². The summed E-state index contributed by atoms with van der Waals surface area (Å²) >= 11 is 0. The van der Waals surface area contributed by atoms with E-state index >= 15 is 0 Å². The highest BCUT2D eigenvalue weighted by Gasteiger charge is 2.69. The lowest BCUT2D eigenvalue weighted by Gasteiger charge is -2.33. The lowest BCUT2D eigenvalue weighted by Crippen LogP contribution is -2.43. The number of likely N-dealkylation sites (tertiary alicyclic amines) is 1. The molecule has 0 N–H and O–H groups in total. The van der Waals surface area contributed by atoms with E-state index in [0.29, 0.717) is 35.8 Å². The number of nitrogens with zero attached hydrogens (tertiary/aromatic N) is 1. The summed E-state index contributed by atoms with van der Waals surface area (Å²) in [6.07, 6.45) is 12.7. The summed E-state index contributed by atoms with van der Waals surface area (Å²) in [4.78, 5) is 27.7. The summed E-state index contributed by atoms with van der Waals surface area (Å²) < 4.78 is 11.5. The summed E-state index contributed by atoms with van der Waals surface area (Å²) in [6.45, 7) is 3.86. The van der Waals surface area contributed by atoms with Crippen molar-refractivity contribution >= 4 is 11.9 Å². The predicted octanol–water partition coefficient (Wildman–Crippen LogP) is 3.55. The van der Waals surface area contributed by atoms with Crippen LogP contribution in [-0.2, 0) is 19.1 Å². The molecular formula is C24H35NO4. The molecule has 6 fully saturated rings. The van der Waals surface area contributed by atoms with Gasteiger partial charge in [-0.25, -0.2) is 0 Å². The van der Waals surface area contributed by atoms with Crippen molar-refractivity contribution < 1.29 is 19.1 Å². The van der Waals surface area contributed by atoms with Crippen molar-refractivity contribution in [2.45, 2.75) is 83.3 Å². The Balaban J connectivity index is 1.24. The van der Waals surface area contributed by atoms with Gasteiger partial charge in [0.05, 0.1) is 12.5 Å². The minimum absolute atomic E-state index is 0.0164. The van der Waals surface area contributed by atoms with Gasteiger partial charge in [-0.2, -0.15) is 0 Å². The van der Waals surface area contributed by atoms with Gasteiger partial charge in [0.15, 0.2) is 0 Å². The molecule has 0 bridgehead atoms. The first-order valence-corrected chi connectivity index (χ1v) is 12.2. The molecule has 0 aromatic heterocycles. The minimum Gasteiger partial charge on any atom is -0.465 e. The fraction of sp³-hybridized carbons (Fsp3) is 0.917. The molecule has 4 aliphatic carbocycles. The molecule has 0 radical (unpaired) electrons. The molecule has 6 aliphatic rings. The highest BCUT2D eigenvalue weighted by atomic mass is 16.6. The van der Waals surface area contributed by atoms with Gasteiger partial charge in [-0.3, -0.25) is 14.5 Å². The quantitative estimate of drug-likeness (QED) is 0.675. The summed E-state index contributed by atoms with van der Waals surface area (Å²) in [5, 5.41) is 0. The van der Waals surface area contributed by atoms with E-state index in [1.165, 1.54) is 44.9 Å². The number of ether oxygens (including phenoxy) is 2. The van der Waals surface area contributed by atoms with E-state index in [0.717, 1.165) is 31.7 Å². The van der Waals surface area contributed by atoms with Crippen LogP contribution in [0.15, 0.2) is 0 Å². The van der Waals surface area contributed by atoms with Crippen molar-refractivity contribution in [3.8, 4) is 0 Å². The van der Waals surface area contributed by atoms with Crippen LogP contribution in [0.3, 0.4) is 0 Å². The van der Waals surface area contributed by atoms with E-state index in [-0.39, 0.29) is 30.0 Å². The number of carbonyl (C=O) groups is 2. The van der Waals surface area contributed by atoms with E-state index in [1.807, 2.05) is 6.92 Å². The largest absolute Gasteiger partial charge is 0.465 e. The topological polar surface area (TPSA) is 55.8 Å². The number of esters is 2. The van der Waals surface area contributed by atoms with Gasteiger partial charge >= 0.3 is 11.9 Å². The van der Waals surface area contributed by atoms with Crippen molar-refractivity contribution in [1.29, 1.82) is 0 Å². The summed E-state index contributed by atoms with van der Waals surface area (Å²) in [5.41, 5.74) is 1.09. The average molecular weight is 402 g/mol. The van der Waals surface area contributed by atoms with Gasteiger partial charge in [0.25, 0.3) is 0 Å². The molecule has 0 amide bonds. The molecule has 29 heavy (non-hydrogen) atoms. The molecule has 4 saturated carbocycles. The van der Waals surface area contributed by atoms with Crippen molar-refractivity contribution in [3.63, 3.8) is 0 Å². The SMILES string of the molecule is CCOC(=O)[C@@H]1CCCN1C[C@@H]1C(=O)O[C@H]2[C@H]1CCC1(CC1)[C@@H]1CCC3(CC3)[C@H]21. The smallest absolute Gasteiger partial charge is 0.323 e. The second-order valence-electron chi connectivity index (χ2n) is 11.0. The Hall–Kier alpha value is -1.10. The highest BCUT2D eigenvalue weighted by molar-refractivity contribution is 5.77. The molecule has 5 heteroatoms. The molecular weight excluding hydrogens is 366 g/mol. The first-order chi connectivity index (χ1) is 14.1. The van der Waals surface area contributed by atoms with Gasteiger partial charge in [-0.1, -0.05) is 0 Å². The Morgan fingerprint density at radius 3 is 2.59 bits per heavy atom. The van der Waals surface area contributed by atoms with Crippen LogP contribution in [-0.4, -0.2) is 48.7 Å². The summed E-state index contributed by atoms with van der Waals surface area (Å²) in [6, 6.07) is -0.170. The van der Waals surface area contributed by atoms with Crippen molar-refractivity contribution in [2.24, 2.45) is 34.5 Å². The maximum absolute atomic E-state index is 13.1. The van der Waals surface area contributed by atoms with E-state index in [4.69, 9.17) is 9.47 Å². The van der Waals surface area contributed by atoms with Gasteiger partial charge in [-0.15, -0.1) is 0 Å². The average Bonchev–Trinajstić information content (AvgIpc) is 3.54. The monoisotopic (exact) mass is 401 g/mol. The Morgan fingerprint density at radius 1 is 1.10 bits per heavy atom. The van der Waals surface area contributed by atoms with Crippen LogP contribution in [0.25, 0.3) is 0 Å². The lowest BCUT2D eigenvalue weighted by atomic mass is 9.73. The molecule has 0 unspecified atom stereocenters. The van der Waals surface area contributed by atoms with Crippen molar-refractivity contribution in [2.75, 3.05) is 19.7 Å². The third-order valence-electron chi connectivity index (χ3n) is 9.84. The Kier molecular flexibility index (Phi) is 4.15. The van der Waals surface area contributed by atoms with Crippen LogP contribution in [0.1, 0.15) is 71.1 Å². The number of hydrogen-bond acceptors (Lipinski definition) is 5. The molecule has 0 aromatic carbocycles. The number of carbonyl (C=O) groups excluding carboxylic acids is 2. The third kappa shape index (κ3) is 2.75. The van der Waals surface area contributed by atoms with Crippen LogP contribution in [0.5, 0.6) is 0 Å². The molecule has 2 saturated heterocycles. The Morgan fingerprint density at radius 2 is 1.86 bits per heavy atom. The van der Waals surface area contributed by atoms with Crippen LogP contribution in [0.2, 0.25) is 0 Å². The first-order valence-electron chi connectivity index (χ1n) is 12.2. The standard InChI is InChI=1S/C24H35NO4/c1-2-28-22(27)18-4-3-13-25(18)14-16-15-5-7-23(9-10-23)17-6-8-24(11-12-24)19(17)20(15)29-21(16)26/h15-20H,2-14H2,1H3/t15-,16-,17+,18-,19-,20-/m0/s1. The fourth-order valence-corrected chi connectivity index (χ4v) is 8.08. The van der Waals surface area contributed by atoms with E-state index in [1.54, 1.807) is 0 Å². The molecule has 0 aromatic rings. The first kappa shape index (κ1) is 18.7.